The Balaban J connectivity index is 1.19. The Labute approximate surface area is 172 Å². The van der Waals surface area contributed by atoms with Crippen LogP contribution >= 0.6 is 0 Å². The van der Waals surface area contributed by atoms with Crippen LogP contribution in [0.5, 0.6) is 5.75 Å². The van der Waals surface area contributed by atoms with E-state index in [9.17, 15) is 4.79 Å². The molecule has 148 valence electrons. The van der Waals surface area contributed by atoms with E-state index in [0.717, 1.165) is 27.6 Å². The quantitative estimate of drug-likeness (QED) is 0.431. The van der Waals surface area contributed by atoms with Gasteiger partial charge in [0.1, 0.15) is 23.9 Å². The number of para-hydroxylation sites is 2. The summed E-state index contributed by atoms with van der Waals surface area (Å²) in [6, 6.07) is 25.2. The smallest absolute Gasteiger partial charge is 0.287 e. The second-order valence-electron chi connectivity index (χ2n) is 6.95. The van der Waals surface area contributed by atoms with Gasteiger partial charge in [-0.25, -0.2) is 4.98 Å². The number of amides is 1. The molecule has 2 N–H and O–H groups in total. The zero-order valence-corrected chi connectivity index (χ0v) is 16.1. The first-order valence-corrected chi connectivity index (χ1v) is 9.67. The number of fused-ring (bicyclic) bond motifs is 2. The van der Waals surface area contributed by atoms with Crippen molar-refractivity contribution >= 4 is 27.7 Å². The standard InChI is InChI=1S/C24H19N3O3/c28-24(25-14-23-26-20-7-3-4-8-21(20)27-23)22-12-11-19(30-22)15-29-18-10-9-16-5-1-2-6-17(16)13-18/h1-13H,14-15H2,(H,25,28)(H,26,27). The van der Waals surface area contributed by atoms with Crippen molar-refractivity contribution in [3.05, 3.63) is 96.2 Å². The average molecular weight is 397 g/mol. The Morgan fingerprint density at radius 1 is 0.967 bits per heavy atom. The number of carbonyl (C=O) groups is 1. The number of hydrogen-bond acceptors (Lipinski definition) is 4. The van der Waals surface area contributed by atoms with Crippen molar-refractivity contribution in [2.75, 3.05) is 0 Å². The van der Waals surface area contributed by atoms with Gasteiger partial charge in [-0.3, -0.25) is 4.79 Å². The highest BCUT2D eigenvalue weighted by Gasteiger charge is 2.12. The van der Waals surface area contributed by atoms with Crippen LogP contribution in [0.2, 0.25) is 0 Å². The highest BCUT2D eigenvalue weighted by molar-refractivity contribution is 5.91. The van der Waals surface area contributed by atoms with Gasteiger partial charge >= 0.3 is 0 Å². The number of ether oxygens (including phenoxy) is 1. The third-order valence-electron chi connectivity index (χ3n) is 4.84. The Bertz CT molecular complexity index is 1300. The van der Waals surface area contributed by atoms with Gasteiger partial charge in [-0.05, 0) is 47.2 Å². The van der Waals surface area contributed by atoms with Crippen molar-refractivity contribution in [3.63, 3.8) is 0 Å². The maximum absolute atomic E-state index is 12.4. The van der Waals surface area contributed by atoms with Crippen LogP contribution in [0, 0.1) is 0 Å². The van der Waals surface area contributed by atoms with E-state index in [2.05, 4.69) is 21.4 Å². The van der Waals surface area contributed by atoms with Crippen molar-refractivity contribution < 1.29 is 13.9 Å². The summed E-state index contributed by atoms with van der Waals surface area (Å²) in [6.45, 7) is 0.534. The molecule has 3 aromatic carbocycles. The number of nitrogens with zero attached hydrogens (tertiary/aromatic N) is 1. The minimum atomic E-state index is -0.299. The molecule has 0 aliphatic rings. The van der Waals surface area contributed by atoms with Gasteiger partial charge in [-0.1, -0.05) is 42.5 Å². The second kappa shape index (κ2) is 7.75. The van der Waals surface area contributed by atoms with Gasteiger partial charge in [0.25, 0.3) is 5.91 Å². The number of hydrogen-bond donors (Lipinski definition) is 2. The lowest BCUT2D eigenvalue weighted by Gasteiger charge is -2.06. The monoisotopic (exact) mass is 397 g/mol. The summed E-state index contributed by atoms with van der Waals surface area (Å²) < 4.78 is 11.5. The van der Waals surface area contributed by atoms with E-state index in [-0.39, 0.29) is 24.8 Å². The number of benzene rings is 3. The fraction of sp³-hybridized carbons (Fsp3) is 0.0833. The summed E-state index contributed by atoms with van der Waals surface area (Å²) >= 11 is 0. The number of furan rings is 1. The van der Waals surface area contributed by atoms with Crippen LogP contribution in [0.3, 0.4) is 0 Å². The summed E-state index contributed by atoms with van der Waals surface area (Å²) in [7, 11) is 0. The number of imidazole rings is 1. The van der Waals surface area contributed by atoms with E-state index in [0.29, 0.717) is 11.6 Å². The lowest BCUT2D eigenvalue weighted by atomic mass is 10.1. The van der Waals surface area contributed by atoms with E-state index in [1.165, 1.54) is 0 Å². The summed E-state index contributed by atoms with van der Waals surface area (Å²) in [4.78, 5) is 20.0. The number of aromatic nitrogens is 2. The highest BCUT2D eigenvalue weighted by atomic mass is 16.5. The third kappa shape index (κ3) is 3.75. The van der Waals surface area contributed by atoms with Crippen LogP contribution in [0.4, 0.5) is 0 Å². The Morgan fingerprint density at radius 3 is 2.70 bits per heavy atom. The van der Waals surface area contributed by atoms with Crippen molar-refractivity contribution in [2.24, 2.45) is 0 Å². The molecule has 2 aromatic heterocycles. The molecule has 30 heavy (non-hydrogen) atoms. The van der Waals surface area contributed by atoms with Gasteiger partial charge in [0.2, 0.25) is 0 Å². The first kappa shape index (κ1) is 18.0. The lowest BCUT2D eigenvalue weighted by Crippen LogP contribution is -2.22. The predicted octanol–water partition coefficient (Wildman–Crippen LogP) is 4.82. The molecule has 1 amide bonds. The molecule has 5 rings (SSSR count). The van der Waals surface area contributed by atoms with Crippen LogP contribution in [0.1, 0.15) is 22.1 Å². The number of H-pyrrole nitrogens is 1. The lowest BCUT2D eigenvalue weighted by molar-refractivity contribution is 0.0918. The minimum Gasteiger partial charge on any atom is -0.486 e. The van der Waals surface area contributed by atoms with Crippen molar-refractivity contribution in [1.82, 2.24) is 15.3 Å². The Hall–Kier alpha value is -4.06. The van der Waals surface area contributed by atoms with Gasteiger partial charge in [0.15, 0.2) is 5.76 Å². The van der Waals surface area contributed by atoms with Crippen molar-refractivity contribution in [1.29, 1.82) is 0 Å². The van der Waals surface area contributed by atoms with Gasteiger partial charge < -0.3 is 19.5 Å². The summed E-state index contributed by atoms with van der Waals surface area (Å²) in [5.74, 6) is 1.96. The topological polar surface area (TPSA) is 80.2 Å². The van der Waals surface area contributed by atoms with E-state index >= 15 is 0 Å². The molecule has 0 atom stereocenters. The molecule has 2 heterocycles. The van der Waals surface area contributed by atoms with E-state index < -0.39 is 0 Å². The zero-order valence-electron chi connectivity index (χ0n) is 16.1. The van der Waals surface area contributed by atoms with Crippen LogP contribution < -0.4 is 10.1 Å². The molecular formula is C24H19N3O3. The summed E-state index contributed by atoms with van der Waals surface area (Å²) in [6.07, 6.45) is 0. The van der Waals surface area contributed by atoms with Gasteiger partial charge in [-0.2, -0.15) is 0 Å². The average Bonchev–Trinajstić information content (AvgIpc) is 3.42. The molecule has 0 aliphatic heterocycles. The van der Waals surface area contributed by atoms with Crippen LogP contribution in [0.15, 0.2) is 83.3 Å². The number of carbonyl (C=O) groups excluding carboxylic acids is 1. The maximum Gasteiger partial charge on any atom is 0.287 e. The molecule has 0 spiro atoms. The SMILES string of the molecule is O=C(NCc1nc2ccccc2[nH]1)c1ccc(COc2ccc3ccccc3c2)o1. The molecule has 6 heteroatoms. The molecular weight excluding hydrogens is 378 g/mol. The molecule has 0 fully saturated rings. The van der Waals surface area contributed by atoms with Crippen LogP contribution in [-0.4, -0.2) is 15.9 Å². The molecule has 6 nitrogen and oxygen atoms in total. The largest absolute Gasteiger partial charge is 0.486 e. The van der Waals surface area contributed by atoms with Gasteiger partial charge in [0.05, 0.1) is 17.6 Å². The van der Waals surface area contributed by atoms with E-state index in [1.54, 1.807) is 12.1 Å². The fourth-order valence-electron chi connectivity index (χ4n) is 3.33. The molecule has 0 bridgehead atoms. The number of nitrogens with one attached hydrogen (secondary N) is 2. The predicted molar refractivity (Wildman–Crippen MR) is 114 cm³/mol. The maximum atomic E-state index is 12.4. The molecule has 0 unspecified atom stereocenters. The van der Waals surface area contributed by atoms with Crippen LogP contribution in [0.25, 0.3) is 21.8 Å². The number of rotatable bonds is 6. The highest BCUT2D eigenvalue weighted by Crippen LogP contribution is 2.22. The van der Waals surface area contributed by atoms with Crippen molar-refractivity contribution in [3.8, 4) is 5.75 Å². The Morgan fingerprint density at radius 2 is 1.80 bits per heavy atom. The summed E-state index contributed by atoms with van der Waals surface area (Å²) in [5, 5.41) is 5.09. The van der Waals surface area contributed by atoms with Crippen LogP contribution in [-0.2, 0) is 13.2 Å². The molecule has 5 aromatic rings. The molecule has 0 saturated heterocycles. The van der Waals surface area contributed by atoms with Crippen molar-refractivity contribution in [2.45, 2.75) is 13.2 Å². The molecule has 0 aliphatic carbocycles. The van der Waals surface area contributed by atoms with Gasteiger partial charge in [0, 0.05) is 0 Å². The molecule has 0 radical (unpaired) electrons. The number of aromatic amines is 1. The first-order valence-electron chi connectivity index (χ1n) is 9.67. The van der Waals surface area contributed by atoms with E-state index in [1.807, 2.05) is 60.7 Å². The minimum absolute atomic E-state index is 0.239. The normalized spacial score (nSPS) is 11.1. The first-order chi connectivity index (χ1) is 14.7. The second-order valence-corrected chi connectivity index (χ2v) is 6.95. The zero-order chi connectivity index (χ0) is 20.3. The Kier molecular flexibility index (Phi) is 4.65. The fourth-order valence-corrected chi connectivity index (χ4v) is 3.33. The summed E-state index contributed by atoms with van der Waals surface area (Å²) in [5.41, 5.74) is 1.81. The van der Waals surface area contributed by atoms with E-state index in [4.69, 9.17) is 9.15 Å². The molecule has 0 saturated carbocycles. The van der Waals surface area contributed by atoms with Gasteiger partial charge in [-0.15, -0.1) is 0 Å². The third-order valence-corrected chi connectivity index (χ3v) is 4.84.